The zero-order valence-electron chi connectivity index (χ0n) is 7.13. The van der Waals surface area contributed by atoms with E-state index in [1.54, 1.807) is 0 Å². The Bertz CT molecular complexity index is 347. The average Bonchev–Trinajstić information content (AvgIpc) is 2.52. The molecule has 0 amide bonds. The zero-order chi connectivity index (χ0) is 9.26. The van der Waals surface area contributed by atoms with Gasteiger partial charge in [-0.1, -0.05) is 28.1 Å². The van der Waals surface area contributed by atoms with Gasteiger partial charge in [0.05, 0.1) is 5.82 Å². The van der Waals surface area contributed by atoms with Crippen molar-refractivity contribution in [3.8, 4) is 0 Å². The summed E-state index contributed by atoms with van der Waals surface area (Å²) in [4.78, 5) is 0. The number of hydrogen-bond donors (Lipinski definition) is 2. The predicted octanol–water partition coefficient (Wildman–Crippen LogP) is 1.94. The quantitative estimate of drug-likeness (QED) is 0.785. The lowest BCUT2D eigenvalue weighted by molar-refractivity contribution is 0.791. The Hall–Kier alpha value is -0.960. The highest BCUT2D eigenvalue weighted by Gasteiger charge is 2.14. The summed E-state index contributed by atoms with van der Waals surface area (Å²) in [5, 5.41) is 3.11. The van der Waals surface area contributed by atoms with Gasteiger partial charge >= 0.3 is 0 Å². The number of benzene rings is 1. The van der Waals surface area contributed by atoms with Crippen LogP contribution in [0, 0.1) is 0 Å². The molecule has 0 fully saturated rings. The summed E-state index contributed by atoms with van der Waals surface area (Å²) < 4.78 is 1.11. The smallest absolute Gasteiger partial charge is 0.0926 e. The van der Waals surface area contributed by atoms with Crippen LogP contribution in [0.2, 0.25) is 0 Å². The minimum Gasteiger partial charge on any atom is -0.386 e. The molecule has 0 saturated carbocycles. The molecule has 68 valence electrons. The van der Waals surface area contributed by atoms with Gasteiger partial charge in [-0.2, -0.15) is 0 Å². The van der Waals surface area contributed by atoms with Crippen LogP contribution in [0.4, 0.5) is 0 Å². The molecule has 0 aromatic heterocycles. The number of hydrogen-bond acceptors (Lipinski definition) is 2. The van der Waals surface area contributed by atoms with Crippen LogP contribution in [-0.2, 0) is 0 Å². The van der Waals surface area contributed by atoms with Gasteiger partial charge < -0.3 is 11.1 Å². The fourth-order valence-corrected chi connectivity index (χ4v) is 1.93. The molecule has 2 nitrogen and oxygen atoms in total. The highest BCUT2D eigenvalue weighted by molar-refractivity contribution is 9.10. The molecular weight excluding hydrogens is 228 g/mol. The average molecular weight is 239 g/mol. The minimum atomic E-state index is 0.414. The van der Waals surface area contributed by atoms with E-state index in [-0.39, 0.29) is 0 Å². The number of nitrogens with two attached hydrogens (primary N) is 1. The molecule has 1 aromatic carbocycles. The van der Waals surface area contributed by atoms with Crippen LogP contribution in [0.15, 0.2) is 40.6 Å². The number of nitrogens with one attached hydrogen (secondary N) is 1. The van der Waals surface area contributed by atoms with Crippen molar-refractivity contribution in [3.63, 3.8) is 0 Å². The van der Waals surface area contributed by atoms with Gasteiger partial charge in [0.25, 0.3) is 0 Å². The molecule has 1 atom stereocenters. The van der Waals surface area contributed by atoms with Crippen molar-refractivity contribution in [2.24, 2.45) is 5.73 Å². The summed E-state index contributed by atoms with van der Waals surface area (Å²) in [6.07, 6.45) is 2.06. The maximum atomic E-state index is 5.64. The van der Waals surface area contributed by atoms with Gasteiger partial charge in [0, 0.05) is 16.9 Å². The summed E-state index contributed by atoms with van der Waals surface area (Å²) >= 11 is 3.45. The monoisotopic (exact) mass is 238 g/mol. The first-order chi connectivity index (χ1) is 6.25. The number of rotatable bonds is 1. The topological polar surface area (TPSA) is 38.0 Å². The summed E-state index contributed by atoms with van der Waals surface area (Å²) in [5.74, 6) is 1.20. The van der Waals surface area contributed by atoms with E-state index in [2.05, 4.69) is 39.5 Å². The van der Waals surface area contributed by atoms with Gasteiger partial charge in [0.1, 0.15) is 0 Å². The molecule has 0 unspecified atom stereocenters. The van der Waals surface area contributed by atoms with Crippen molar-refractivity contribution < 1.29 is 0 Å². The van der Waals surface area contributed by atoms with E-state index in [1.807, 2.05) is 12.1 Å². The van der Waals surface area contributed by atoms with Crippen molar-refractivity contribution >= 4 is 15.9 Å². The van der Waals surface area contributed by atoms with Crippen LogP contribution in [0.1, 0.15) is 11.5 Å². The molecule has 1 aromatic rings. The first-order valence-electron chi connectivity index (χ1n) is 4.22. The van der Waals surface area contributed by atoms with E-state index < -0.39 is 0 Å². The van der Waals surface area contributed by atoms with Crippen molar-refractivity contribution in [2.45, 2.75) is 5.92 Å². The highest BCUT2D eigenvalue weighted by atomic mass is 79.9. The third kappa shape index (κ3) is 1.86. The van der Waals surface area contributed by atoms with E-state index in [9.17, 15) is 0 Å². The second kappa shape index (κ2) is 3.42. The molecule has 3 N–H and O–H groups in total. The van der Waals surface area contributed by atoms with E-state index in [4.69, 9.17) is 5.73 Å². The standard InChI is InChI=1S/C10H11BrN2/c11-9-3-1-2-7(4-9)8-5-10(12)13-6-8/h1-5,8,13H,6,12H2/t8-/m1/s1. The van der Waals surface area contributed by atoms with Gasteiger partial charge in [0.15, 0.2) is 0 Å². The highest BCUT2D eigenvalue weighted by Crippen LogP contribution is 2.23. The summed E-state index contributed by atoms with van der Waals surface area (Å²) in [6.45, 7) is 0.905. The largest absolute Gasteiger partial charge is 0.386 e. The third-order valence-electron chi connectivity index (χ3n) is 2.18. The molecule has 0 spiro atoms. The molecule has 0 radical (unpaired) electrons. The molecule has 1 heterocycles. The molecule has 1 aliphatic rings. The zero-order valence-corrected chi connectivity index (χ0v) is 8.71. The van der Waals surface area contributed by atoms with Crippen molar-refractivity contribution in [2.75, 3.05) is 6.54 Å². The molecule has 0 bridgehead atoms. The van der Waals surface area contributed by atoms with Gasteiger partial charge in [0.2, 0.25) is 0 Å². The minimum absolute atomic E-state index is 0.414. The Morgan fingerprint density at radius 1 is 1.46 bits per heavy atom. The normalized spacial score (nSPS) is 21.0. The van der Waals surface area contributed by atoms with Crippen LogP contribution in [0.25, 0.3) is 0 Å². The molecular formula is C10H11BrN2. The fraction of sp³-hybridized carbons (Fsp3) is 0.200. The molecule has 1 aliphatic heterocycles. The Labute approximate surface area is 86.0 Å². The van der Waals surface area contributed by atoms with Gasteiger partial charge in [-0.25, -0.2) is 0 Å². The second-order valence-corrected chi connectivity index (χ2v) is 4.08. The Balaban J connectivity index is 2.26. The van der Waals surface area contributed by atoms with Crippen LogP contribution >= 0.6 is 15.9 Å². The van der Waals surface area contributed by atoms with E-state index in [0.717, 1.165) is 16.8 Å². The number of halogens is 1. The van der Waals surface area contributed by atoms with E-state index >= 15 is 0 Å². The Morgan fingerprint density at radius 3 is 2.92 bits per heavy atom. The van der Waals surface area contributed by atoms with Crippen LogP contribution < -0.4 is 11.1 Å². The van der Waals surface area contributed by atoms with Gasteiger partial charge in [-0.3, -0.25) is 0 Å². The molecule has 2 rings (SSSR count). The Morgan fingerprint density at radius 2 is 2.31 bits per heavy atom. The van der Waals surface area contributed by atoms with Crippen LogP contribution in [-0.4, -0.2) is 6.54 Å². The predicted molar refractivity (Wildman–Crippen MR) is 57.2 cm³/mol. The summed E-state index contributed by atoms with van der Waals surface area (Å²) in [6, 6.07) is 8.31. The van der Waals surface area contributed by atoms with E-state index in [0.29, 0.717) is 5.92 Å². The third-order valence-corrected chi connectivity index (χ3v) is 2.68. The molecule has 13 heavy (non-hydrogen) atoms. The Kier molecular flexibility index (Phi) is 2.27. The lowest BCUT2D eigenvalue weighted by Crippen LogP contribution is -2.15. The van der Waals surface area contributed by atoms with Gasteiger partial charge in [-0.15, -0.1) is 0 Å². The lowest BCUT2D eigenvalue weighted by atomic mass is 10.0. The van der Waals surface area contributed by atoms with Crippen molar-refractivity contribution in [1.29, 1.82) is 0 Å². The van der Waals surface area contributed by atoms with Crippen molar-refractivity contribution in [3.05, 3.63) is 46.2 Å². The van der Waals surface area contributed by atoms with Crippen LogP contribution in [0.5, 0.6) is 0 Å². The SMILES string of the molecule is NC1=C[C@@H](c2cccc(Br)c2)CN1. The first-order valence-corrected chi connectivity index (χ1v) is 5.01. The molecule has 0 saturated heterocycles. The van der Waals surface area contributed by atoms with Crippen LogP contribution in [0.3, 0.4) is 0 Å². The summed E-state index contributed by atoms with van der Waals surface area (Å²) in [5.41, 5.74) is 6.93. The van der Waals surface area contributed by atoms with E-state index in [1.165, 1.54) is 5.56 Å². The van der Waals surface area contributed by atoms with Gasteiger partial charge in [-0.05, 0) is 23.8 Å². The maximum absolute atomic E-state index is 5.64. The first kappa shape index (κ1) is 8.63. The second-order valence-electron chi connectivity index (χ2n) is 3.16. The molecule has 0 aliphatic carbocycles. The summed E-state index contributed by atoms with van der Waals surface area (Å²) in [7, 11) is 0. The maximum Gasteiger partial charge on any atom is 0.0926 e. The fourth-order valence-electron chi connectivity index (χ4n) is 1.51. The lowest BCUT2D eigenvalue weighted by Gasteiger charge is -2.06. The molecule has 3 heteroatoms. The van der Waals surface area contributed by atoms with Crippen molar-refractivity contribution in [1.82, 2.24) is 5.32 Å².